The summed E-state index contributed by atoms with van der Waals surface area (Å²) in [6.45, 7) is 1.11. The van der Waals surface area contributed by atoms with Crippen LogP contribution in [-0.4, -0.2) is 39.0 Å². The standard InChI is InChI=1S/C11H15BrClNO3S2/c1-14(7-8-3-2-4-17-8)19(15,16)10-5-9(6-13)18-11(10)12/h5,8H,2-4,6-7H2,1H3. The molecule has 4 nitrogen and oxygen atoms in total. The molecule has 0 radical (unpaired) electrons. The zero-order valence-electron chi connectivity index (χ0n) is 10.4. The van der Waals surface area contributed by atoms with Crippen LogP contribution in [0.4, 0.5) is 0 Å². The van der Waals surface area contributed by atoms with Crippen LogP contribution in [0.1, 0.15) is 17.7 Å². The number of sulfonamides is 1. The van der Waals surface area contributed by atoms with Crippen molar-refractivity contribution in [2.75, 3.05) is 20.2 Å². The third-order valence-corrected chi connectivity index (χ3v) is 7.53. The molecule has 0 aromatic carbocycles. The molecule has 1 aromatic rings. The summed E-state index contributed by atoms with van der Waals surface area (Å²) in [6, 6.07) is 1.63. The number of halogens is 2. The second-order valence-electron chi connectivity index (χ2n) is 4.40. The summed E-state index contributed by atoms with van der Waals surface area (Å²) in [6.07, 6.45) is 1.92. The molecule has 1 atom stereocenters. The predicted octanol–water partition coefficient (Wildman–Crippen LogP) is 3.05. The number of nitrogens with zero attached hydrogens (tertiary/aromatic N) is 1. The van der Waals surface area contributed by atoms with Crippen molar-refractivity contribution in [2.45, 2.75) is 29.7 Å². The fraction of sp³-hybridized carbons (Fsp3) is 0.636. The first-order valence-corrected chi connectivity index (χ1v) is 9.45. The highest BCUT2D eigenvalue weighted by Crippen LogP contribution is 2.34. The summed E-state index contributed by atoms with van der Waals surface area (Å²) in [5, 5.41) is 0. The third-order valence-electron chi connectivity index (χ3n) is 3.01. The van der Waals surface area contributed by atoms with Gasteiger partial charge >= 0.3 is 0 Å². The van der Waals surface area contributed by atoms with Gasteiger partial charge < -0.3 is 4.74 Å². The highest BCUT2D eigenvalue weighted by atomic mass is 79.9. The fourth-order valence-electron chi connectivity index (χ4n) is 1.98. The van der Waals surface area contributed by atoms with Gasteiger partial charge in [-0.3, -0.25) is 0 Å². The number of alkyl halides is 1. The monoisotopic (exact) mass is 387 g/mol. The average Bonchev–Trinajstić information content (AvgIpc) is 2.98. The van der Waals surface area contributed by atoms with Crippen LogP contribution >= 0.6 is 38.9 Å². The molecule has 1 saturated heterocycles. The summed E-state index contributed by atoms with van der Waals surface area (Å²) < 4.78 is 32.4. The van der Waals surface area contributed by atoms with Crippen molar-refractivity contribution in [1.82, 2.24) is 4.31 Å². The quantitative estimate of drug-likeness (QED) is 0.728. The van der Waals surface area contributed by atoms with Crippen molar-refractivity contribution in [3.63, 3.8) is 0 Å². The van der Waals surface area contributed by atoms with Crippen LogP contribution in [0.15, 0.2) is 14.7 Å². The highest BCUT2D eigenvalue weighted by Gasteiger charge is 2.28. The second-order valence-corrected chi connectivity index (χ2v) is 9.14. The van der Waals surface area contributed by atoms with Crippen molar-refractivity contribution in [1.29, 1.82) is 0 Å². The van der Waals surface area contributed by atoms with Gasteiger partial charge in [0.25, 0.3) is 0 Å². The second kappa shape index (κ2) is 6.41. The van der Waals surface area contributed by atoms with Gasteiger partial charge in [0.05, 0.1) is 15.8 Å². The van der Waals surface area contributed by atoms with E-state index < -0.39 is 10.0 Å². The van der Waals surface area contributed by atoms with Crippen molar-refractivity contribution in [3.05, 3.63) is 14.7 Å². The Morgan fingerprint density at radius 3 is 2.89 bits per heavy atom. The summed E-state index contributed by atoms with van der Waals surface area (Å²) >= 11 is 10.4. The lowest BCUT2D eigenvalue weighted by atomic mass is 10.2. The molecule has 0 N–H and O–H groups in total. The van der Waals surface area contributed by atoms with Gasteiger partial charge in [-0.15, -0.1) is 22.9 Å². The predicted molar refractivity (Wildman–Crippen MR) is 80.4 cm³/mol. The van der Waals surface area contributed by atoms with E-state index in [0.29, 0.717) is 16.2 Å². The molecule has 2 rings (SSSR count). The Morgan fingerprint density at radius 2 is 2.37 bits per heavy atom. The maximum Gasteiger partial charge on any atom is 0.244 e. The summed E-state index contributed by atoms with van der Waals surface area (Å²) in [5.41, 5.74) is 0. The first-order valence-electron chi connectivity index (χ1n) is 5.87. The molecule has 19 heavy (non-hydrogen) atoms. The minimum atomic E-state index is -3.49. The molecule has 1 aromatic heterocycles. The van der Waals surface area contributed by atoms with Gasteiger partial charge in [-0.1, -0.05) is 0 Å². The van der Waals surface area contributed by atoms with Crippen molar-refractivity contribution in [3.8, 4) is 0 Å². The van der Waals surface area contributed by atoms with E-state index in [4.69, 9.17) is 16.3 Å². The van der Waals surface area contributed by atoms with Gasteiger partial charge in [-0.2, -0.15) is 4.31 Å². The molecule has 0 amide bonds. The van der Waals surface area contributed by atoms with E-state index >= 15 is 0 Å². The molecule has 1 unspecified atom stereocenters. The zero-order chi connectivity index (χ0) is 14.0. The lowest BCUT2D eigenvalue weighted by molar-refractivity contribution is 0.0979. The van der Waals surface area contributed by atoms with Crippen molar-refractivity contribution < 1.29 is 13.2 Å². The minimum absolute atomic E-state index is 0.00434. The number of rotatable bonds is 5. The molecular formula is C11H15BrClNO3S2. The molecule has 2 heterocycles. The van der Waals surface area contributed by atoms with Crippen LogP contribution in [-0.2, 0) is 20.6 Å². The minimum Gasteiger partial charge on any atom is -0.377 e. The molecule has 108 valence electrons. The molecule has 1 fully saturated rings. The Kier molecular flexibility index (Phi) is 5.30. The summed E-state index contributed by atoms with van der Waals surface area (Å²) in [7, 11) is -1.90. The van der Waals surface area contributed by atoms with Gasteiger partial charge in [-0.25, -0.2) is 8.42 Å². The Bertz CT molecular complexity index is 540. The molecule has 0 saturated carbocycles. The van der Waals surface area contributed by atoms with Crippen LogP contribution in [0.2, 0.25) is 0 Å². The van der Waals surface area contributed by atoms with Gasteiger partial charge in [0, 0.05) is 25.1 Å². The first-order chi connectivity index (χ1) is 8.95. The van der Waals surface area contributed by atoms with Crippen LogP contribution in [0.25, 0.3) is 0 Å². The van der Waals surface area contributed by atoms with Crippen molar-refractivity contribution >= 4 is 48.9 Å². The van der Waals surface area contributed by atoms with Gasteiger partial charge in [0.1, 0.15) is 4.90 Å². The van der Waals surface area contributed by atoms with Gasteiger partial charge in [0.2, 0.25) is 10.0 Å². The summed E-state index contributed by atoms with van der Waals surface area (Å²) in [5.74, 6) is 0.314. The van der Waals surface area contributed by atoms with Crippen molar-refractivity contribution in [2.24, 2.45) is 0 Å². The molecule has 0 spiro atoms. The number of thiophene rings is 1. The van der Waals surface area contributed by atoms with Crippen LogP contribution in [0.5, 0.6) is 0 Å². The van der Waals surface area contributed by atoms with E-state index in [1.165, 1.54) is 15.6 Å². The highest BCUT2D eigenvalue weighted by molar-refractivity contribution is 9.11. The summed E-state index contributed by atoms with van der Waals surface area (Å²) in [4.78, 5) is 1.12. The first kappa shape index (κ1) is 15.7. The van der Waals surface area contributed by atoms with Crippen LogP contribution in [0.3, 0.4) is 0 Å². The van der Waals surface area contributed by atoms with Crippen LogP contribution < -0.4 is 0 Å². The Balaban J connectivity index is 2.17. The Morgan fingerprint density at radius 1 is 1.63 bits per heavy atom. The molecule has 0 bridgehead atoms. The van der Waals surface area contributed by atoms with Gasteiger partial charge in [-0.05, 0) is 34.8 Å². The number of ether oxygens (including phenoxy) is 1. The average molecular weight is 389 g/mol. The molecule has 8 heteroatoms. The fourth-order valence-corrected chi connectivity index (χ4v) is 5.90. The normalized spacial score (nSPS) is 20.3. The lowest BCUT2D eigenvalue weighted by Gasteiger charge is -2.20. The lowest BCUT2D eigenvalue weighted by Crippen LogP contribution is -2.34. The number of likely N-dealkylation sites (N-methyl/N-ethyl adjacent to an activating group) is 1. The maximum atomic E-state index is 12.5. The van der Waals surface area contributed by atoms with E-state index in [1.807, 2.05) is 0 Å². The van der Waals surface area contributed by atoms with E-state index in [2.05, 4.69) is 15.9 Å². The van der Waals surface area contributed by atoms with Crippen LogP contribution in [0, 0.1) is 0 Å². The smallest absolute Gasteiger partial charge is 0.244 e. The van der Waals surface area contributed by atoms with E-state index in [0.717, 1.165) is 24.3 Å². The van der Waals surface area contributed by atoms with Gasteiger partial charge in [0.15, 0.2) is 0 Å². The van der Waals surface area contributed by atoms with E-state index in [-0.39, 0.29) is 11.0 Å². The topological polar surface area (TPSA) is 46.6 Å². The number of hydrogen-bond acceptors (Lipinski definition) is 4. The third kappa shape index (κ3) is 3.51. The molecular weight excluding hydrogens is 374 g/mol. The number of hydrogen-bond donors (Lipinski definition) is 0. The van der Waals surface area contributed by atoms with E-state index in [9.17, 15) is 8.42 Å². The largest absolute Gasteiger partial charge is 0.377 e. The van der Waals surface area contributed by atoms with E-state index in [1.54, 1.807) is 13.1 Å². The maximum absolute atomic E-state index is 12.5. The molecule has 1 aliphatic rings. The Hall–Kier alpha value is 0.340. The Labute approximate surface area is 130 Å². The molecule has 1 aliphatic heterocycles. The SMILES string of the molecule is CN(CC1CCCO1)S(=O)(=O)c1cc(CCl)sc1Br. The zero-order valence-corrected chi connectivity index (χ0v) is 14.4. The molecule has 0 aliphatic carbocycles.